The number of aliphatic hydroxyl groups is 2. The lowest BCUT2D eigenvalue weighted by Gasteiger charge is -2.30. The molecule has 2 aliphatic rings. The van der Waals surface area contributed by atoms with Crippen LogP contribution >= 0.6 is 0 Å². The van der Waals surface area contributed by atoms with E-state index in [0.717, 1.165) is 39.4 Å². The van der Waals surface area contributed by atoms with Gasteiger partial charge in [-0.15, -0.1) is 0 Å². The summed E-state index contributed by atoms with van der Waals surface area (Å²) in [6, 6.07) is 9.88. The molecule has 1 atom stereocenters. The Morgan fingerprint density at radius 2 is 2.03 bits per heavy atom. The van der Waals surface area contributed by atoms with Crippen LogP contribution in [-0.2, 0) is 11.2 Å². The summed E-state index contributed by atoms with van der Waals surface area (Å²) < 4.78 is 5.52. The molecule has 6 heteroatoms. The van der Waals surface area contributed by atoms with E-state index in [1.54, 1.807) is 7.11 Å². The van der Waals surface area contributed by atoms with Gasteiger partial charge >= 0.3 is 0 Å². The van der Waals surface area contributed by atoms with Gasteiger partial charge < -0.3 is 25.3 Å². The Balaban J connectivity index is 1.71. The smallest absolute Gasteiger partial charge is 0.252 e. The molecule has 4 N–H and O–H groups in total. The maximum atomic E-state index is 12.9. The Morgan fingerprint density at radius 3 is 2.77 bits per heavy atom. The Morgan fingerprint density at radius 1 is 1.26 bits per heavy atom. The first kappa shape index (κ1) is 21.2. The van der Waals surface area contributed by atoms with Crippen LogP contribution < -0.4 is 10.1 Å². The molecule has 162 valence electrons. The summed E-state index contributed by atoms with van der Waals surface area (Å²) in [5, 5.41) is 21.6. The number of para-hydroxylation sites is 1. The van der Waals surface area contributed by atoms with E-state index in [1.807, 2.05) is 56.3 Å². The number of hydrogen-bond acceptors (Lipinski definition) is 4. The summed E-state index contributed by atoms with van der Waals surface area (Å²) >= 11 is 0. The molecule has 0 bridgehead atoms. The highest BCUT2D eigenvalue weighted by Crippen LogP contribution is 2.43. The van der Waals surface area contributed by atoms with Crippen molar-refractivity contribution < 1.29 is 19.7 Å². The van der Waals surface area contributed by atoms with Crippen molar-refractivity contribution in [3.05, 3.63) is 76.1 Å². The zero-order valence-corrected chi connectivity index (χ0v) is 18.0. The maximum absolute atomic E-state index is 12.9. The molecular weight excluding hydrogens is 392 g/mol. The molecule has 1 unspecified atom stereocenters. The van der Waals surface area contributed by atoms with Gasteiger partial charge in [0.15, 0.2) is 6.29 Å². The first-order chi connectivity index (χ1) is 14.8. The minimum absolute atomic E-state index is 0.108. The number of aryl methyl sites for hydroxylation is 2. The van der Waals surface area contributed by atoms with Gasteiger partial charge in [0.05, 0.1) is 12.6 Å². The van der Waals surface area contributed by atoms with Gasteiger partial charge in [0.1, 0.15) is 5.75 Å². The van der Waals surface area contributed by atoms with Crippen molar-refractivity contribution in [2.24, 2.45) is 0 Å². The van der Waals surface area contributed by atoms with Crippen LogP contribution in [0.3, 0.4) is 0 Å². The third-order valence-corrected chi connectivity index (χ3v) is 6.00. The summed E-state index contributed by atoms with van der Waals surface area (Å²) in [5.41, 5.74) is 5.97. The van der Waals surface area contributed by atoms with Gasteiger partial charge in [-0.2, -0.15) is 0 Å². The molecule has 1 aliphatic carbocycles. The van der Waals surface area contributed by atoms with E-state index in [9.17, 15) is 15.0 Å². The molecule has 1 fully saturated rings. The number of ether oxygens (including phenoxy) is 1. The average Bonchev–Trinajstić information content (AvgIpc) is 3.21. The van der Waals surface area contributed by atoms with Crippen LogP contribution in [0.25, 0.3) is 11.6 Å². The van der Waals surface area contributed by atoms with E-state index in [1.165, 1.54) is 0 Å². The lowest BCUT2D eigenvalue weighted by Crippen LogP contribution is -2.40. The normalized spacial score (nSPS) is 21.7. The van der Waals surface area contributed by atoms with Crippen molar-refractivity contribution in [3.63, 3.8) is 0 Å². The van der Waals surface area contributed by atoms with Crippen LogP contribution in [0.15, 0.2) is 53.6 Å². The van der Waals surface area contributed by atoms with Gasteiger partial charge in [0.25, 0.3) is 5.91 Å². The molecular formula is C25H28N2O4. The van der Waals surface area contributed by atoms with Gasteiger partial charge in [-0.25, -0.2) is 0 Å². The van der Waals surface area contributed by atoms with Crippen molar-refractivity contribution in [2.75, 3.05) is 7.11 Å². The highest BCUT2D eigenvalue weighted by Gasteiger charge is 2.44. The fourth-order valence-electron chi connectivity index (χ4n) is 4.51. The number of methoxy groups -OCH3 is 1. The van der Waals surface area contributed by atoms with E-state index in [-0.39, 0.29) is 12.3 Å². The quantitative estimate of drug-likeness (QED) is 0.426. The largest absolute Gasteiger partial charge is 0.496 e. The van der Waals surface area contributed by atoms with E-state index in [4.69, 9.17) is 4.74 Å². The highest BCUT2D eigenvalue weighted by atomic mass is 16.5. The van der Waals surface area contributed by atoms with E-state index in [2.05, 4.69) is 16.4 Å². The van der Waals surface area contributed by atoms with Crippen molar-refractivity contribution in [2.45, 2.75) is 44.9 Å². The van der Waals surface area contributed by atoms with Crippen molar-refractivity contribution in [1.82, 2.24) is 10.3 Å². The number of allylic oxidation sites excluding steroid dienone is 2. The molecule has 0 saturated carbocycles. The molecule has 6 nitrogen and oxygen atoms in total. The lowest BCUT2D eigenvalue weighted by atomic mass is 9.79. The molecule has 0 radical (unpaired) electrons. The predicted octanol–water partition coefficient (Wildman–Crippen LogP) is 3.26. The summed E-state index contributed by atoms with van der Waals surface area (Å²) in [6.45, 7) is 3.99. The molecule has 4 rings (SSSR count). The fourth-order valence-corrected chi connectivity index (χ4v) is 4.51. The SMILES string of the molecule is COc1ccccc1C1=CC=C2/C(=C/c3[nH]c(C)cc3CCC(O)O)C(=O)NC2(C)C1. The molecule has 2 heterocycles. The van der Waals surface area contributed by atoms with E-state index < -0.39 is 11.8 Å². The minimum atomic E-state index is -1.35. The number of aliphatic hydroxyl groups excluding tert-OH is 1. The number of nitrogens with one attached hydrogen (secondary N) is 2. The molecule has 1 saturated heterocycles. The number of rotatable bonds is 6. The van der Waals surface area contributed by atoms with Gasteiger partial charge in [-0.05, 0) is 55.2 Å². The number of amides is 1. The van der Waals surface area contributed by atoms with E-state index >= 15 is 0 Å². The number of aromatic nitrogens is 1. The first-order valence-electron chi connectivity index (χ1n) is 10.4. The monoisotopic (exact) mass is 420 g/mol. The van der Waals surface area contributed by atoms with Gasteiger partial charge in [-0.3, -0.25) is 4.79 Å². The standard InChI is InChI=1S/C25H28N2O4/c1-15-12-16(9-11-23(28)29)21(26-15)13-19-20-10-8-17(14-25(20,2)27-24(19)30)18-6-4-5-7-22(18)31-3/h4-8,10,12-13,23,26,28-29H,9,11,14H2,1-3H3,(H,27,30)/b19-13-. The third kappa shape index (κ3) is 4.09. The third-order valence-electron chi connectivity index (χ3n) is 6.00. The number of carbonyl (C=O) groups is 1. The van der Waals surface area contributed by atoms with Crippen molar-refractivity contribution in [3.8, 4) is 5.75 Å². The fraction of sp³-hybridized carbons (Fsp3) is 0.320. The van der Waals surface area contributed by atoms with Crippen molar-refractivity contribution >= 4 is 17.6 Å². The predicted molar refractivity (Wildman–Crippen MR) is 120 cm³/mol. The zero-order valence-electron chi connectivity index (χ0n) is 18.0. The van der Waals surface area contributed by atoms with Gasteiger partial charge in [0.2, 0.25) is 0 Å². The number of hydrogen-bond donors (Lipinski definition) is 4. The van der Waals surface area contributed by atoms with Crippen LogP contribution in [0.1, 0.15) is 42.3 Å². The topological polar surface area (TPSA) is 94.6 Å². The Hall–Kier alpha value is -3.09. The van der Waals surface area contributed by atoms with Crippen LogP contribution in [-0.4, -0.2) is 40.0 Å². The summed E-state index contributed by atoms with van der Waals surface area (Å²) in [5.74, 6) is 0.704. The van der Waals surface area contributed by atoms with Crippen LogP contribution in [0.2, 0.25) is 0 Å². The Kier molecular flexibility index (Phi) is 5.60. The van der Waals surface area contributed by atoms with Crippen LogP contribution in [0.4, 0.5) is 0 Å². The lowest BCUT2D eigenvalue weighted by molar-refractivity contribution is -0.117. The summed E-state index contributed by atoms with van der Waals surface area (Å²) in [7, 11) is 1.66. The average molecular weight is 421 g/mol. The maximum Gasteiger partial charge on any atom is 0.252 e. The second-order valence-corrected chi connectivity index (χ2v) is 8.40. The molecule has 1 amide bonds. The number of fused-ring (bicyclic) bond motifs is 1. The number of carbonyl (C=O) groups excluding carboxylic acids is 1. The number of aromatic amines is 1. The highest BCUT2D eigenvalue weighted by molar-refractivity contribution is 6.08. The Labute approximate surface area is 182 Å². The second-order valence-electron chi connectivity index (χ2n) is 8.40. The molecule has 1 aromatic heterocycles. The summed E-state index contributed by atoms with van der Waals surface area (Å²) in [6.07, 6.45) is 6.01. The molecule has 1 aromatic carbocycles. The summed E-state index contributed by atoms with van der Waals surface area (Å²) in [4.78, 5) is 16.2. The molecule has 31 heavy (non-hydrogen) atoms. The number of benzene rings is 1. The van der Waals surface area contributed by atoms with E-state index in [0.29, 0.717) is 18.4 Å². The minimum Gasteiger partial charge on any atom is -0.496 e. The zero-order chi connectivity index (χ0) is 22.2. The molecule has 0 spiro atoms. The van der Waals surface area contributed by atoms with Gasteiger partial charge in [0, 0.05) is 35.4 Å². The molecule has 1 aliphatic heterocycles. The number of H-pyrrole nitrogens is 1. The molecule has 2 aromatic rings. The van der Waals surface area contributed by atoms with Crippen LogP contribution in [0, 0.1) is 6.92 Å². The first-order valence-corrected chi connectivity index (χ1v) is 10.4. The van der Waals surface area contributed by atoms with Crippen molar-refractivity contribution in [1.29, 1.82) is 0 Å². The van der Waals surface area contributed by atoms with Crippen LogP contribution in [0.5, 0.6) is 5.75 Å². The Bertz CT molecular complexity index is 1110. The second kappa shape index (κ2) is 8.21. The van der Waals surface area contributed by atoms with Gasteiger partial charge in [-0.1, -0.05) is 30.4 Å².